The van der Waals surface area contributed by atoms with Crippen LogP contribution in [0.2, 0.25) is 0 Å². The maximum absolute atomic E-state index is 12.8. The highest BCUT2D eigenvalue weighted by atomic mass is 16.2. The van der Waals surface area contributed by atoms with Gasteiger partial charge in [-0.05, 0) is 45.1 Å². The van der Waals surface area contributed by atoms with E-state index in [1.165, 1.54) is 30.9 Å². The van der Waals surface area contributed by atoms with Gasteiger partial charge >= 0.3 is 11.4 Å². The predicted octanol–water partition coefficient (Wildman–Crippen LogP) is 0.737. The highest BCUT2D eigenvalue weighted by molar-refractivity contribution is 5.90. The van der Waals surface area contributed by atoms with Crippen molar-refractivity contribution in [3.63, 3.8) is 0 Å². The molecule has 0 amide bonds. The number of aromatic nitrogens is 8. The van der Waals surface area contributed by atoms with Crippen LogP contribution < -0.4 is 22.5 Å². The van der Waals surface area contributed by atoms with E-state index in [9.17, 15) is 24.0 Å². The molecule has 39 heavy (non-hydrogen) atoms. The number of fused-ring (bicyclic) bond motifs is 2. The lowest BCUT2D eigenvalue weighted by Gasteiger charge is -2.09. The van der Waals surface area contributed by atoms with Crippen molar-refractivity contribution in [3.8, 4) is 0 Å². The molecule has 0 aliphatic rings. The zero-order chi connectivity index (χ0) is 28.4. The van der Waals surface area contributed by atoms with E-state index in [4.69, 9.17) is 0 Å². The number of unbranched alkanes of at least 4 members (excludes halogenated alkanes) is 2. The predicted molar refractivity (Wildman–Crippen MR) is 147 cm³/mol. The van der Waals surface area contributed by atoms with Crippen LogP contribution in [0.4, 0.5) is 0 Å². The maximum Gasteiger partial charge on any atom is 0.332 e. The van der Waals surface area contributed by atoms with Crippen molar-refractivity contribution < 1.29 is 4.79 Å². The summed E-state index contributed by atoms with van der Waals surface area (Å²) in [5.74, 6) is -0.0124. The first-order valence-corrected chi connectivity index (χ1v) is 12.9. The van der Waals surface area contributed by atoms with Crippen molar-refractivity contribution >= 4 is 28.1 Å². The Balaban J connectivity index is 1.27. The molecule has 4 aromatic heterocycles. The Morgan fingerprint density at radius 2 is 1.15 bits per heavy atom. The van der Waals surface area contributed by atoms with Gasteiger partial charge in [0.25, 0.3) is 11.1 Å². The lowest BCUT2D eigenvalue weighted by Crippen LogP contribution is -2.39. The Kier molecular flexibility index (Phi) is 7.98. The second-order valence-electron chi connectivity index (χ2n) is 10.0. The number of ketones is 1. The summed E-state index contributed by atoms with van der Waals surface area (Å²) in [6.45, 7) is 2.40. The maximum atomic E-state index is 12.8. The van der Waals surface area contributed by atoms with Crippen molar-refractivity contribution in [1.82, 2.24) is 37.4 Å². The molecule has 0 bridgehead atoms. The topological polar surface area (TPSA) is 141 Å². The number of hydrogen-bond donors (Lipinski definition) is 0. The number of aryl methyl sites for hydroxylation is 4. The highest BCUT2D eigenvalue weighted by Gasteiger charge is 2.16. The minimum absolute atomic E-state index is 0.0124. The normalized spacial score (nSPS) is 12.2. The number of hydrogen-bond acceptors (Lipinski definition) is 7. The summed E-state index contributed by atoms with van der Waals surface area (Å²) in [5.41, 5.74) is 0.854. The molecule has 4 rings (SSSR count). The summed E-state index contributed by atoms with van der Waals surface area (Å²) in [7, 11) is 6.62. The Morgan fingerprint density at radius 3 is 1.62 bits per heavy atom. The fraction of sp³-hybridized carbons (Fsp3) is 0.500. The third-order valence-corrected chi connectivity index (χ3v) is 7.07. The molecule has 0 spiro atoms. The molecule has 0 saturated carbocycles. The van der Waals surface area contributed by atoms with Crippen molar-refractivity contribution in [2.45, 2.75) is 58.5 Å². The molecule has 0 unspecified atom stereocenters. The van der Waals surface area contributed by atoms with E-state index >= 15 is 0 Å². The monoisotopic (exact) mass is 538 g/mol. The molecule has 0 N–H and O–H groups in total. The van der Waals surface area contributed by atoms with Crippen LogP contribution in [0, 0.1) is 0 Å². The van der Waals surface area contributed by atoms with Crippen molar-refractivity contribution in [1.29, 1.82) is 0 Å². The number of imidazole rings is 2. The van der Waals surface area contributed by atoms with Crippen LogP contribution in [0.1, 0.15) is 45.4 Å². The fourth-order valence-electron chi connectivity index (χ4n) is 4.85. The molecule has 0 fully saturated rings. The molecule has 0 aromatic carbocycles. The Morgan fingerprint density at radius 1 is 0.718 bits per heavy atom. The van der Waals surface area contributed by atoms with Gasteiger partial charge in [0.15, 0.2) is 28.1 Å². The van der Waals surface area contributed by atoms with Gasteiger partial charge in [-0.1, -0.05) is 5.57 Å². The van der Waals surface area contributed by atoms with Crippen molar-refractivity contribution in [2.24, 2.45) is 28.2 Å². The first-order chi connectivity index (χ1) is 18.5. The SMILES string of the molecule is C/C(=C\C(=O)CCCCn1c(=O)c2c(ncn2C)n(C)c1=O)CCCCn1c(=O)c2c(ncn2C)n(C)c1=O. The van der Waals surface area contributed by atoms with E-state index in [2.05, 4.69) is 9.97 Å². The Bertz CT molecular complexity index is 1830. The summed E-state index contributed by atoms with van der Waals surface area (Å²) in [6.07, 6.45) is 8.03. The van der Waals surface area contributed by atoms with Gasteiger partial charge in [0.1, 0.15) is 0 Å². The molecule has 0 atom stereocenters. The van der Waals surface area contributed by atoms with E-state index in [-0.39, 0.29) is 30.0 Å². The van der Waals surface area contributed by atoms with E-state index < -0.39 is 11.4 Å². The second-order valence-corrected chi connectivity index (χ2v) is 10.0. The van der Waals surface area contributed by atoms with Crippen molar-refractivity contribution in [2.75, 3.05) is 0 Å². The third kappa shape index (κ3) is 5.33. The number of carbonyl (C=O) groups is 1. The first-order valence-electron chi connectivity index (χ1n) is 12.9. The Hall–Kier alpha value is -4.29. The molecule has 0 saturated heterocycles. The number of rotatable bonds is 11. The van der Waals surface area contributed by atoms with Gasteiger partial charge < -0.3 is 9.13 Å². The minimum atomic E-state index is -0.423. The van der Waals surface area contributed by atoms with Gasteiger partial charge in [0.2, 0.25) is 0 Å². The molecule has 208 valence electrons. The molecule has 4 aromatic rings. The summed E-state index contributed by atoms with van der Waals surface area (Å²) in [5, 5.41) is 0. The summed E-state index contributed by atoms with van der Waals surface area (Å²) < 4.78 is 8.38. The summed E-state index contributed by atoms with van der Waals surface area (Å²) >= 11 is 0. The smallest absolute Gasteiger partial charge is 0.328 e. The van der Waals surface area contributed by atoms with Gasteiger partial charge in [-0.15, -0.1) is 0 Å². The van der Waals surface area contributed by atoms with Crippen LogP contribution in [0.15, 0.2) is 43.5 Å². The molecular formula is C26H34N8O5. The summed E-state index contributed by atoms with van der Waals surface area (Å²) in [4.78, 5) is 71.4. The van der Waals surface area contributed by atoms with E-state index in [0.717, 1.165) is 12.0 Å². The number of nitrogens with zero attached hydrogens (tertiary/aromatic N) is 8. The van der Waals surface area contributed by atoms with E-state index in [1.54, 1.807) is 43.4 Å². The van der Waals surface area contributed by atoms with Gasteiger partial charge in [0.05, 0.1) is 12.7 Å². The second kappa shape index (κ2) is 11.2. The molecule has 4 heterocycles. The molecule has 0 aliphatic heterocycles. The molecule has 13 heteroatoms. The van der Waals surface area contributed by atoms with Gasteiger partial charge in [-0.25, -0.2) is 19.6 Å². The highest BCUT2D eigenvalue weighted by Crippen LogP contribution is 2.10. The van der Waals surface area contributed by atoms with Gasteiger partial charge in [0, 0.05) is 47.7 Å². The van der Waals surface area contributed by atoms with Gasteiger partial charge in [-0.2, -0.15) is 0 Å². The van der Waals surface area contributed by atoms with Crippen molar-refractivity contribution in [3.05, 3.63) is 66.0 Å². The van der Waals surface area contributed by atoms with Crippen LogP contribution in [0.25, 0.3) is 22.3 Å². The lowest BCUT2D eigenvalue weighted by atomic mass is 10.1. The number of carbonyl (C=O) groups excluding carboxylic acids is 1. The molecular weight excluding hydrogens is 504 g/mol. The number of allylic oxidation sites excluding steroid dienone is 2. The van der Waals surface area contributed by atoms with Crippen LogP contribution in [-0.4, -0.2) is 43.2 Å². The third-order valence-electron chi connectivity index (χ3n) is 7.07. The van der Waals surface area contributed by atoms with Crippen LogP contribution in [-0.2, 0) is 46.1 Å². The standard InChI is InChI=1S/C26H34N8O5/c1-17(10-6-8-12-33-23(36)19-21(27-15-29(19)2)31(4)25(33)38)14-18(35)11-7-9-13-34-24(37)20-22(28-16-30(20)3)32(5)26(34)39/h14-16H,6-13H2,1-5H3/b17-14+. The minimum Gasteiger partial charge on any atom is -0.328 e. The first kappa shape index (κ1) is 27.7. The molecule has 0 aliphatic carbocycles. The Labute approximate surface area is 223 Å². The summed E-state index contributed by atoms with van der Waals surface area (Å²) in [6, 6.07) is 0. The van der Waals surface area contributed by atoms with Crippen LogP contribution >= 0.6 is 0 Å². The largest absolute Gasteiger partial charge is 0.332 e. The van der Waals surface area contributed by atoms with Crippen LogP contribution in [0.5, 0.6) is 0 Å². The van der Waals surface area contributed by atoms with E-state index in [1.807, 2.05) is 6.92 Å². The average molecular weight is 539 g/mol. The molecule has 13 nitrogen and oxygen atoms in total. The quantitative estimate of drug-likeness (QED) is 0.203. The zero-order valence-electron chi connectivity index (χ0n) is 23.0. The average Bonchev–Trinajstić information content (AvgIpc) is 3.48. The fourth-order valence-corrected chi connectivity index (χ4v) is 4.85. The lowest BCUT2D eigenvalue weighted by molar-refractivity contribution is -0.114. The van der Waals surface area contributed by atoms with E-state index in [0.29, 0.717) is 54.4 Å². The van der Waals surface area contributed by atoms with Crippen LogP contribution in [0.3, 0.4) is 0 Å². The molecule has 0 radical (unpaired) electrons. The van der Waals surface area contributed by atoms with Gasteiger partial charge in [-0.3, -0.25) is 32.7 Å². The zero-order valence-corrected chi connectivity index (χ0v) is 23.0.